The number of anilines is 2. The summed E-state index contributed by atoms with van der Waals surface area (Å²) in [6.07, 6.45) is 3.13. The van der Waals surface area contributed by atoms with Crippen LogP contribution in [0.15, 0.2) is 70.2 Å². The van der Waals surface area contributed by atoms with E-state index in [1.807, 2.05) is 36.6 Å². The minimum atomic E-state index is -0.412. The lowest BCUT2D eigenvalue weighted by Crippen LogP contribution is -2.14. The minimum Gasteiger partial charge on any atom is -0.431 e. The predicted octanol–water partition coefficient (Wildman–Crippen LogP) is 3.90. The summed E-state index contributed by atoms with van der Waals surface area (Å²) in [6.45, 7) is 0. The highest BCUT2D eigenvalue weighted by molar-refractivity contribution is 7.98. The third-order valence-corrected chi connectivity index (χ3v) is 4.14. The molecule has 7 heteroatoms. The highest BCUT2D eigenvalue weighted by Gasteiger charge is 2.15. The Morgan fingerprint density at radius 2 is 1.68 bits per heavy atom. The van der Waals surface area contributed by atoms with Crippen LogP contribution in [0.1, 0.15) is 20.8 Å². The van der Waals surface area contributed by atoms with Crippen molar-refractivity contribution in [1.82, 2.24) is 4.98 Å². The SMILES string of the molecule is CSc1ccccc1NC(=O)c1coc(NC(=O)c2ccccc2)n1. The maximum atomic E-state index is 12.3. The maximum absolute atomic E-state index is 12.3. The van der Waals surface area contributed by atoms with Gasteiger partial charge >= 0.3 is 6.01 Å². The molecular weight excluding hydrogens is 338 g/mol. The molecule has 2 amide bonds. The summed E-state index contributed by atoms with van der Waals surface area (Å²) in [4.78, 5) is 29.3. The van der Waals surface area contributed by atoms with E-state index in [4.69, 9.17) is 4.42 Å². The molecule has 2 aromatic carbocycles. The van der Waals surface area contributed by atoms with Gasteiger partial charge in [0, 0.05) is 10.5 Å². The van der Waals surface area contributed by atoms with Crippen molar-refractivity contribution >= 4 is 35.3 Å². The van der Waals surface area contributed by atoms with Crippen LogP contribution in [0.25, 0.3) is 0 Å². The Hall–Kier alpha value is -3.06. The van der Waals surface area contributed by atoms with E-state index in [-0.39, 0.29) is 17.6 Å². The molecule has 6 nitrogen and oxygen atoms in total. The van der Waals surface area contributed by atoms with Crippen LogP contribution in [0, 0.1) is 0 Å². The predicted molar refractivity (Wildman–Crippen MR) is 97.1 cm³/mol. The van der Waals surface area contributed by atoms with Crippen LogP contribution in [-0.2, 0) is 0 Å². The van der Waals surface area contributed by atoms with E-state index in [0.29, 0.717) is 11.3 Å². The number of nitrogens with zero attached hydrogens (tertiary/aromatic N) is 1. The van der Waals surface area contributed by atoms with Crippen LogP contribution in [0.2, 0.25) is 0 Å². The lowest BCUT2D eigenvalue weighted by atomic mass is 10.2. The Labute approximate surface area is 148 Å². The second-order valence-electron chi connectivity index (χ2n) is 5.01. The van der Waals surface area contributed by atoms with E-state index in [1.54, 1.807) is 24.3 Å². The number of carbonyl (C=O) groups excluding carboxylic acids is 2. The van der Waals surface area contributed by atoms with Crippen molar-refractivity contribution in [3.05, 3.63) is 72.1 Å². The molecule has 0 spiro atoms. The number of benzene rings is 2. The molecule has 0 aliphatic rings. The van der Waals surface area contributed by atoms with E-state index >= 15 is 0 Å². The number of aromatic nitrogens is 1. The van der Waals surface area contributed by atoms with Crippen molar-refractivity contribution in [3.63, 3.8) is 0 Å². The van der Waals surface area contributed by atoms with Gasteiger partial charge in [-0.3, -0.25) is 14.9 Å². The lowest BCUT2D eigenvalue weighted by molar-refractivity contribution is 0.101. The van der Waals surface area contributed by atoms with Gasteiger partial charge < -0.3 is 9.73 Å². The maximum Gasteiger partial charge on any atom is 0.302 e. The standard InChI is InChI=1S/C18H15N3O3S/c1-25-15-10-6-5-9-13(15)19-17(23)14-11-24-18(20-14)21-16(22)12-7-3-2-4-8-12/h2-11H,1H3,(H,19,23)(H,20,21,22). The highest BCUT2D eigenvalue weighted by Crippen LogP contribution is 2.25. The van der Waals surface area contributed by atoms with E-state index in [2.05, 4.69) is 15.6 Å². The van der Waals surface area contributed by atoms with Gasteiger partial charge in [0.25, 0.3) is 11.8 Å². The summed E-state index contributed by atoms with van der Waals surface area (Å²) >= 11 is 1.53. The topological polar surface area (TPSA) is 84.2 Å². The molecule has 0 bridgehead atoms. The molecule has 0 radical (unpaired) electrons. The normalized spacial score (nSPS) is 10.3. The number of rotatable bonds is 5. The fraction of sp³-hybridized carbons (Fsp3) is 0.0556. The van der Waals surface area contributed by atoms with Gasteiger partial charge in [0.2, 0.25) is 0 Å². The quantitative estimate of drug-likeness (QED) is 0.680. The summed E-state index contributed by atoms with van der Waals surface area (Å²) in [7, 11) is 0. The molecule has 0 saturated heterocycles. The molecule has 25 heavy (non-hydrogen) atoms. The first-order chi connectivity index (χ1) is 12.2. The van der Waals surface area contributed by atoms with Crippen LogP contribution in [-0.4, -0.2) is 23.1 Å². The monoisotopic (exact) mass is 353 g/mol. The zero-order chi connectivity index (χ0) is 17.6. The van der Waals surface area contributed by atoms with Crippen molar-refractivity contribution in [3.8, 4) is 0 Å². The average molecular weight is 353 g/mol. The van der Waals surface area contributed by atoms with Gasteiger partial charge in [-0.1, -0.05) is 30.3 Å². The molecule has 3 rings (SSSR count). The Morgan fingerprint density at radius 3 is 2.44 bits per heavy atom. The fourth-order valence-electron chi connectivity index (χ4n) is 2.13. The number of nitrogens with one attached hydrogen (secondary N) is 2. The summed E-state index contributed by atoms with van der Waals surface area (Å²) in [5, 5.41) is 5.30. The second-order valence-corrected chi connectivity index (χ2v) is 5.86. The number of hydrogen-bond acceptors (Lipinski definition) is 5. The van der Waals surface area contributed by atoms with Gasteiger partial charge in [0.15, 0.2) is 5.69 Å². The molecule has 0 atom stereocenters. The smallest absolute Gasteiger partial charge is 0.302 e. The average Bonchev–Trinajstić information content (AvgIpc) is 3.11. The number of para-hydroxylation sites is 1. The number of amides is 2. The summed E-state index contributed by atoms with van der Waals surface area (Å²) in [5.41, 5.74) is 1.25. The van der Waals surface area contributed by atoms with Gasteiger partial charge in [-0.25, -0.2) is 0 Å². The van der Waals surface area contributed by atoms with Crippen LogP contribution in [0.5, 0.6) is 0 Å². The van der Waals surface area contributed by atoms with Gasteiger partial charge in [-0.15, -0.1) is 11.8 Å². The van der Waals surface area contributed by atoms with Crippen molar-refractivity contribution in [2.75, 3.05) is 16.9 Å². The molecule has 0 unspecified atom stereocenters. The van der Waals surface area contributed by atoms with E-state index < -0.39 is 5.91 Å². The van der Waals surface area contributed by atoms with Crippen molar-refractivity contribution in [2.24, 2.45) is 0 Å². The van der Waals surface area contributed by atoms with E-state index in [0.717, 1.165) is 4.90 Å². The number of thioether (sulfide) groups is 1. The Balaban J connectivity index is 1.68. The zero-order valence-corrected chi connectivity index (χ0v) is 14.2. The lowest BCUT2D eigenvalue weighted by Gasteiger charge is -2.07. The van der Waals surface area contributed by atoms with Crippen LogP contribution < -0.4 is 10.6 Å². The Bertz CT molecular complexity index is 893. The summed E-state index contributed by atoms with van der Waals surface area (Å²) in [6, 6.07) is 16.1. The van der Waals surface area contributed by atoms with Gasteiger partial charge in [-0.2, -0.15) is 4.98 Å². The second kappa shape index (κ2) is 7.67. The van der Waals surface area contributed by atoms with Crippen LogP contribution >= 0.6 is 11.8 Å². The van der Waals surface area contributed by atoms with E-state index in [1.165, 1.54) is 18.0 Å². The third kappa shape index (κ3) is 4.07. The van der Waals surface area contributed by atoms with Gasteiger partial charge in [0.05, 0.1) is 5.69 Å². The first-order valence-corrected chi connectivity index (χ1v) is 8.66. The van der Waals surface area contributed by atoms with E-state index in [9.17, 15) is 9.59 Å². The molecule has 0 fully saturated rings. The number of hydrogen-bond donors (Lipinski definition) is 2. The van der Waals surface area contributed by atoms with Crippen LogP contribution in [0.3, 0.4) is 0 Å². The molecule has 0 saturated carbocycles. The largest absolute Gasteiger partial charge is 0.431 e. The zero-order valence-electron chi connectivity index (χ0n) is 13.4. The van der Waals surface area contributed by atoms with Gasteiger partial charge in [0.1, 0.15) is 6.26 Å². The molecule has 1 heterocycles. The summed E-state index contributed by atoms with van der Waals surface area (Å²) < 4.78 is 5.16. The van der Waals surface area contributed by atoms with Crippen molar-refractivity contribution in [2.45, 2.75) is 4.90 Å². The van der Waals surface area contributed by atoms with Crippen molar-refractivity contribution < 1.29 is 14.0 Å². The molecule has 0 aliphatic carbocycles. The van der Waals surface area contributed by atoms with Crippen LogP contribution in [0.4, 0.5) is 11.7 Å². The van der Waals surface area contributed by atoms with Crippen molar-refractivity contribution in [1.29, 1.82) is 0 Å². The molecule has 0 aliphatic heterocycles. The Kier molecular flexibility index (Phi) is 5.15. The Morgan fingerprint density at radius 1 is 0.960 bits per heavy atom. The molecule has 1 aromatic heterocycles. The van der Waals surface area contributed by atoms with Gasteiger partial charge in [-0.05, 0) is 30.5 Å². The molecular formula is C18H15N3O3S. The highest BCUT2D eigenvalue weighted by atomic mass is 32.2. The molecule has 3 aromatic rings. The molecule has 126 valence electrons. The first kappa shape index (κ1) is 16.8. The molecule has 2 N–H and O–H groups in total. The third-order valence-electron chi connectivity index (χ3n) is 3.35. The summed E-state index contributed by atoms with van der Waals surface area (Å²) in [5.74, 6) is -0.771. The minimum absolute atomic E-state index is 0.0304. The first-order valence-electron chi connectivity index (χ1n) is 7.43. The number of carbonyl (C=O) groups is 2. The fourth-order valence-corrected chi connectivity index (χ4v) is 2.68. The number of oxazole rings is 1.